The van der Waals surface area contributed by atoms with E-state index in [2.05, 4.69) is 5.32 Å². The molecular formula is C24H22ClN3O6S. The number of carbonyl (C=O) groups excluding carboxylic acids is 3. The first-order valence-corrected chi connectivity index (χ1v) is 12.7. The molecule has 11 heteroatoms. The first-order valence-electron chi connectivity index (χ1n) is 10.7. The van der Waals surface area contributed by atoms with Crippen LogP contribution in [-0.4, -0.2) is 67.5 Å². The van der Waals surface area contributed by atoms with Gasteiger partial charge in [-0.25, -0.2) is 8.42 Å². The van der Waals surface area contributed by atoms with E-state index in [0.717, 1.165) is 0 Å². The molecule has 1 saturated heterocycles. The van der Waals surface area contributed by atoms with Gasteiger partial charge in [-0.15, -0.1) is 0 Å². The molecule has 3 amide bonds. The van der Waals surface area contributed by atoms with Gasteiger partial charge in [-0.3, -0.25) is 14.4 Å². The fourth-order valence-corrected chi connectivity index (χ4v) is 5.28. The summed E-state index contributed by atoms with van der Waals surface area (Å²) in [6.45, 7) is 0.667. The van der Waals surface area contributed by atoms with Crippen molar-refractivity contribution in [1.82, 2.24) is 15.1 Å². The van der Waals surface area contributed by atoms with Crippen LogP contribution in [0.4, 0.5) is 0 Å². The number of carbonyl (C=O) groups is 3. The Kier molecular flexibility index (Phi) is 7.23. The van der Waals surface area contributed by atoms with Crippen LogP contribution in [0.25, 0.3) is 0 Å². The maximum atomic E-state index is 13.4. The fraction of sp³-hybridized carbons (Fsp3) is 0.208. The van der Waals surface area contributed by atoms with Gasteiger partial charge in [-0.2, -0.15) is 0 Å². The average Bonchev–Trinajstić information content (AvgIpc) is 3.42. The highest BCUT2D eigenvalue weighted by atomic mass is 35.5. The second kappa shape index (κ2) is 10.3. The molecule has 1 aliphatic heterocycles. The number of benzene rings is 2. The third kappa shape index (κ3) is 5.39. The standard InChI is InChI=1S/C24H22ClN3O6S/c25-18-8-10-19(11-9-18)35(32,33)22(26-21(29)20-7-4-16-34-20)24(31)28-14-12-27(13-15-28)23(30)17-5-2-1-3-6-17/h1-11,16,22H,12-15H2,(H,26,29). The molecular weight excluding hydrogens is 494 g/mol. The molecule has 0 saturated carbocycles. The summed E-state index contributed by atoms with van der Waals surface area (Å²) >= 11 is 5.88. The number of rotatable bonds is 6. The van der Waals surface area contributed by atoms with Crippen LogP contribution in [0.3, 0.4) is 0 Å². The molecule has 2 aromatic carbocycles. The van der Waals surface area contributed by atoms with E-state index in [1.807, 2.05) is 6.07 Å². The van der Waals surface area contributed by atoms with Crippen molar-refractivity contribution < 1.29 is 27.2 Å². The van der Waals surface area contributed by atoms with Gasteiger partial charge in [0.05, 0.1) is 11.2 Å². The quantitative estimate of drug-likeness (QED) is 0.539. The van der Waals surface area contributed by atoms with Gasteiger partial charge in [0.2, 0.25) is 15.2 Å². The zero-order valence-corrected chi connectivity index (χ0v) is 20.0. The molecule has 182 valence electrons. The molecule has 0 bridgehead atoms. The van der Waals surface area contributed by atoms with E-state index < -0.39 is 27.0 Å². The summed E-state index contributed by atoms with van der Waals surface area (Å²) in [5.74, 6) is -1.95. The summed E-state index contributed by atoms with van der Waals surface area (Å²) < 4.78 is 31.8. The number of nitrogens with zero attached hydrogens (tertiary/aromatic N) is 2. The Labute approximate surface area is 207 Å². The predicted octanol–water partition coefficient (Wildman–Crippen LogP) is 2.45. The zero-order valence-electron chi connectivity index (χ0n) is 18.5. The lowest BCUT2D eigenvalue weighted by atomic mass is 10.2. The minimum Gasteiger partial charge on any atom is -0.459 e. The third-order valence-electron chi connectivity index (χ3n) is 5.58. The summed E-state index contributed by atoms with van der Waals surface area (Å²) in [6, 6.07) is 16.9. The topological polar surface area (TPSA) is 117 Å². The lowest BCUT2D eigenvalue weighted by Crippen LogP contribution is -2.57. The Bertz CT molecular complexity index is 1300. The largest absolute Gasteiger partial charge is 0.459 e. The second-order valence-corrected chi connectivity index (χ2v) is 10.3. The van der Waals surface area contributed by atoms with Crippen LogP contribution in [0.2, 0.25) is 5.02 Å². The van der Waals surface area contributed by atoms with Crippen molar-refractivity contribution >= 4 is 39.2 Å². The number of hydrogen-bond acceptors (Lipinski definition) is 6. The van der Waals surface area contributed by atoms with Crippen LogP contribution in [0.1, 0.15) is 20.9 Å². The Morgan fingerprint density at radius 3 is 2.09 bits per heavy atom. The minimum atomic E-state index is -4.33. The monoisotopic (exact) mass is 515 g/mol. The van der Waals surface area contributed by atoms with Crippen LogP contribution < -0.4 is 5.32 Å². The summed E-state index contributed by atoms with van der Waals surface area (Å²) in [4.78, 5) is 41.5. The van der Waals surface area contributed by atoms with Crippen molar-refractivity contribution in [3.8, 4) is 0 Å². The summed E-state index contributed by atoms with van der Waals surface area (Å²) in [7, 11) is -4.33. The Hall–Kier alpha value is -3.63. The zero-order chi connectivity index (χ0) is 25.0. The van der Waals surface area contributed by atoms with Crippen molar-refractivity contribution in [2.45, 2.75) is 10.3 Å². The van der Waals surface area contributed by atoms with Crippen LogP contribution in [0.5, 0.6) is 0 Å². The summed E-state index contributed by atoms with van der Waals surface area (Å²) in [6.07, 6.45) is 1.27. The van der Waals surface area contributed by atoms with E-state index in [9.17, 15) is 22.8 Å². The molecule has 35 heavy (non-hydrogen) atoms. The Morgan fingerprint density at radius 1 is 0.857 bits per heavy atom. The van der Waals surface area contributed by atoms with Gasteiger partial charge in [0.25, 0.3) is 17.7 Å². The molecule has 1 unspecified atom stereocenters. The highest BCUT2D eigenvalue weighted by Gasteiger charge is 2.40. The van der Waals surface area contributed by atoms with E-state index in [1.165, 1.54) is 47.6 Å². The highest BCUT2D eigenvalue weighted by Crippen LogP contribution is 2.21. The molecule has 0 radical (unpaired) electrons. The van der Waals surface area contributed by atoms with Crippen molar-refractivity contribution in [3.63, 3.8) is 0 Å². The summed E-state index contributed by atoms with van der Waals surface area (Å²) in [5.41, 5.74) is 0.529. The Balaban J connectivity index is 1.54. The average molecular weight is 516 g/mol. The van der Waals surface area contributed by atoms with Crippen molar-refractivity contribution in [3.05, 3.63) is 89.3 Å². The van der Waals surface area contributed by atoms with Gasteiger partial charge >= 0.3 is 0 Å². The van der Waals surface area contributed by atoms with Crippen LogP contribution in [-0.2, 0) is 14.6 Å². The molecule has 0 spiro atoms. The number of nitrogens with one attached hydrogen (secondary N) is 1. The fourth-order valence-electron chi connectivity index (χ4n) is 3.69. The molecule has 1 fully saturated rings. The highest BCUT2D eigenvalue weighted by molar-refractivity contribution is 7.92. The number of hydrogen-bond donors (Lipinski definition) is 1. The minimum absolute atomic E-state index is 0.112. The first kappa shape index (κ1) is 24.5. The predicted molar refractivity (Wildman–Crippen MR) is 128 cm³/mol. The number of sulfone groups is 1. The molecule has 9 nitrogen and oxygen atoms in total. The number of amides is 3. The van der Waals surface area contributed by atoms with Crippen LogP contribution >= 0.6 is 11.6 Å². The van der Waals surface area contributed by atoms with Crippen molar-refractivity contribution in [2.75, 3.05) is 26.2 Å². The molecule has 1 atom stereocenters. The SMILES string of the molecule is O=C(NC(C(=O)N1CCN(C(=O)c2ccccc2)CC1)S(=O)(=O)c1ccc(Cl)cc1)c1ccco1. The van der Waals surface area contributed by atoms with Crippen LogP contribution in [0.15, 0.2) is 82.3 Å². The molecule has 1 aromatic heterocycles. The van der Waals surface area contributed by atoms with E-state index >= 15 is 0 Å². The second-order valence-electron chi connectivity index (χ2n) is 7.81. The van der Waals surface area contributed by atoms with Crippen LogP contribution in [0, 0.1) is 0 Å². The smallest absolute Gasteiger partial charge is 0.288 e. The lowest BCUT2D eigenvalue weighted by molar-refractivity contribution is -0.132. The molecule has 4 rings (SSSR count). The number of piperazine rings is 1. The van der Waals surface area contributed by atoms with E-state index in [4.69, 9.17) is 16.0 Å². The molecule has 2 heterocycles. The third-order valence-corrected chi connectivity index (χ3v) is 7.70. The van der Waals surface area contributed by atoms with Gasteiger partial charge in [-0.1, -0.05) is 29.8 Å². The van der Waals surface area contributed by atoms with E-state index in [-0.39, 0.29) is 42.7 Å². The Morgan fingerprint density at radius 2 is 1.49 bits per heavy atom. The summed E-state index contributed by atoms with van der Waals surface area (Å²) in [5, 5.41) is 0.738. The van der Waals surface area contributed by atoms with Gasteiger partial charge in [0.1, 0.15) is 0 Å². The lowest BCUT2D eigenvalue weighted by Gasteiger charge is -2.36. The molecule has 1 N–H and O–H groups in total. The van der Waals surface area contributed by atoms with E-state index in [1.54, 1.807) is 29.2 Å². The molecule has 1 aliphatic rings. The number of furan rings is 1. The first-order chi connectivity index (χ1) is 16.8. The van der Waals surface area contributed by atoms with Gasteiger partial charge in [-0.05, 0) is 48.5 Å². The van der Waals surface area contributed by atoms with Gasteiger partial charge in [0.15, 0.2) is 5.76 Å². The van der Waals surface area contributed by atoms with Gasteiger partial charge in [0, 0.05) is 36.8 Å². The van der Waals surface area contributed by atoms with Crippen molar-refractivity contribution in [1.29, 1.82) is 0 Å². The normalized spacial score (nSPS) is 14.9. The number of halogens is 1. The molecule has 0 aliphatic carbocycles. The van der Waals surface area contributed by atoms with E-state index in [0.29, 0.717) is 10.6 Å². The maximum Gasteiger partial charge on any atom is 0.288 e. The van der Waals surface area contributed by atoms with Crippen molar-refractivity contribution in [2.24, 2.45) is 0 Å². The maximum absolute atomic E-state index is 13.4. The van der Waals surface area contributed by atoms with Gasteiger partial charge < -0.3 is 19.5 Å². The molecule has 3 aromatic rings.